The molecule has 6 nitrogen and oxygen atoms in total. The molecule has 0 radical (unpaired) electrons. The highest BCUT2D eigenvalue weighted by molar-refractivity contribution is 5.84. The lowest BCUT2D eigenvalue weighted by Gasteiger charge is -2.25. The number of amides is 1. The number of carbonyl (C=O) groups excluding carboxylic acids is 1. The van der Waals surface area contributed by atoms with Crippen molar-refractivity contribution in [1.29, 1.82) is 0 Å². The van der Waals surface area contributed by atoms with Crippen molar-refractivity contribution in [3.05, 3.63) is 47.5 Å². The molecule has 6 heteroatoms. The molecule has 0 aliphatic carbocycles. The number of hydrogen-bond acceptors (Lipinski definition) is 4. The van der Waals surface area contributed by atoms with Crippen molar-refractivity contribution in [2.24, 2.45) is 0 Å². The minimum atomic E-state index is -0.0970. The van der Waals surface area contributed by atoms with Gasteiger partial charge in [0.1, 0.15) is 12.2 Å². The van der Waals surface area contributed by atoms with E-state index in [0.717, 1.165) is 30.8 Å². The molecule has 1 aliphatic heterocycles. The van der Waals surface area contributed by atoms with Crippen LogP contribution in [0.25, 0.3) is 0 Å². The van der Waals surface area contributed by atoms with Gasteiger partial charge >= 0.3 is 0 Å². The summed E-state index contributed by atoms with van der Waals surface area (Å²) in [6.07, 6.45) is 3.14. The van der Waals surface area contributed by atoms with Crippen LogP contribution in [0.15, 0.2) is 30.6 Å². The molecule has 0 spiro atoms. The fourth-order valence-electron chi connectivity index (χ4n) is 2.67. The predicted octanol–water partition coefficient (Wildman–Crippen LogP) is 0.741. The standard InChI is InChI=1S/C15H19N5O/c21-15(17-7-3-6-14-18-10-19-20-14)13-9-16-8-11-4-1-2-5-12(11)13/h1-2,4-5,10,13,16H,3,6-9H2,(H,17,21)(H,18,19,20). The maximum Gasteiger partial charge on any atom is 0.228 e. The SMILES string of the molecule is O=C(NCCCc1ncn[nH]1)C1CNCc2ccccc21. The molecule has 0 fully saturated rings. The lowest BCUT2D eigenvalue weighted by Crippen LogP contribution is -2.39. The Bertz CT molecular complexity index is 596. The van der Waals surface area contributed by atoms with Crippen LogP contribution in [-0.2, 0) is 17.8 Å². The molecule has 0 bridgehead atoms. The van der Waals surface area contributed by atoms with Crippen LogP contribution in [0.5, 0.6) is 0 Å². The lowest BCUT2D eigenvalue weighted by molar-refractivity contribution is -0.122. The van der Waals surface area contributed by atoms with Crippen molar-refractivity contribution >= 4 is 5.91 Å². The molecule has 0 saturated heterocycles. The molecule has 110 valence electrons. The topological polar surface area (TPSA) is 82.7 Å². The molecule has 2 heterocycles. The first-order valence-electron chi connectivity index (χ1n) is 7.25. The summed E-state index contributed by atoms with van der Waals surface area (Å²) < 4.78 is 0. The molecule has 3 N–H and O–H groups in total. The van der Waals surface area contributed by atoms with Crippen molar-refractivity contribution in [3.8, 4) is 0 Å². The van der Waals surface area contributed by atoms with Gasteiger partial charge in [0, 0.05) is 26.1 Å². The second kappa shape index (κ2) is 6.49. The van der Waals surface area contributed by atoms with E-state index in [1.807, 2.05) is 12.1 Å². The number of rotatable bonds is 5. The maximum absolute atomic E-state index is 12.3. The number of H-pyrrole nitrogens is 1. The van der Waals surface area contributed by atoms with Crippen molar-refractivity contribution in [3.63, 3.8) is 0 Å². The largest absolute Gasteiger partial charge is 0.356 e. The average molecular weight is 285 g/mol. The number of hydrogen-bond donors (Lipinski definition) is 3. The van der Waals surface area contributed by atoms with Crippen molar-refractivity contribution in [2.75, 3.05) is 13.1 Å². The Hall–Kier alpha value is -2.21. The van der Waals surface area contributed by atoms with Crippen molar-refractivity contribution in [2.45, 2.75) is 25.3 Å². The van der Waals surface area contributed by atoms with Gasteiger partial charge in [-0.05, 0) is 17.5 Å². The average Bonchev–Trinajstić information content (AvgIpc) is 3.04. The van der Waals surface area contributed by atoms with E-state index in [-0.39, 0.29) is 11.8 Å². The first-order valence-corrected chi connectivity index (χ1v) is 7.25. The summed E-state index contributed by atoms with van der Waals surface area (Å²) in [7, 11) is 0. The monoisotopic (exact) mass is 285 g/mol. The van der Waals surface area contributed by atoms with Gasteiger partial charge in [0.15, 0.2) is 0 Å². The van der Waals surface area contributed by atoms with Crippen LogP contribution in [0.3, 0.4) is 0 Å². The molecule has 0 saturated carbocycles. The Morgan fingerprint density at radius 1 is 1.38 bits per heavy atom. The summed E-state index contributed by atoms with van der Waals surface area (Å²) in [5.74, 6) is 0.848. The fourth-order valence-corrected chi connectivity index (χ4v) is 2.67. The minimum absolute atomic E-state index is 0.0900. The summed E-state index contributed by atoms with van der Waals surface area (Å²) in [5.41, 5.74) is 2.36. The molecule has 1 atom stereocenters. The van der Waals surface area contributed by atoms with Gasteiger partial charge in [-0.3, -0.25) is 9.89 Å². The molecule has 1 aromatic carbocycles. The second-order valence-electron chi connectivity index (χ2n) is 5.21. The molecule has 21 heavy (non-hydrogen) atoms. The van der Waals surface area contributed by atoms with Gasteiger partial charge < -0.3 is 10.6 Å². The van der Waals surface area contributed by atoms with Gasteiger partial charge in [0.2, 0.25) is 5.91 Å². The molecule has 2 aromatic rings. The zero-order valence-electron chi connectivity index (χ0n) is 11.8. The molecule has 1 amide bonds. The normalized spacial score (nSPS) is 17.2. The van der Waals surface area contributed by atoms with Gasteiger partial charge in [-0.2, -0.15) is 5.10 Å². The summed E-state index contributed by atoms with van der Waals surface area (Å²) in [4.78, 5) is 16.4. The highest BCUT2D eigenvalue weighted by atomic mass is 16.1. The summed E-state index contributed by atoms with van der Waals surface area (Å²) >= 11 is 0. The van der Waals surface area contributed by atoms with Crippen LogP contribution < -0.4 is 10.6 Å². The van der Waals surface area contributed by atoms with E-state index in [1.54, 1.807) is 0 Å². The second-order valence-corrected chi connectivity index (χ2v) is 5.21. The van der Waals surface area contributed by atoms with Gasteiger partial charge in [-0.25, -0.2) is 4.98 Å². The van der Waals surface area contributed by atoms with E-state index in [0.29, 0.717) is 13.1 Å². The van der Waals surface area contributed by atoms with Crippen LogP contribution in [0.2, 0.25) is 0 Å². The summed E-state index contributed by atoms with van der Waals surface area (Å²) in [5, 5.41) is 12.9. The van der Waals surface area contributed by atoms with Crippen LogP contribution in [-0.4, -0.2) is 34.2 Å². The molecule has 1 aromatic heterocycles. The highest BCUT2D eigenvalue weighted by Gasteiger charge is 2.25. The molecular formula is C15H19N5O. The minimum Gasteiger partial charge on any atom is -0.356 e. The van der Waals surface area contributed by atoms with Crippen molar-refractivity contribution in [1.82, 2.24) is 25.8 Å². The third kappa shape index (κ3) is 3.28. The van der Waals surface area contributed by atoms with Gasteiger partial charge in [-0.1, -0.05) is 24.3 Å². The van der Waals surface area contributed by atoms with Gasteiger partial charge in [0.25, 0.3) is 0 Å². The zero-order chi connectivity index (χ0) is 14.5. The Morgan fingerprint density at radius 2 is 2.29 bits per heavy atom. The number of carbonyl (C=O) groups is 1. The van der Waals surface area contributed by atoms with E-state index in [2.05, 4.69) is 37.9 Å². The molecule has 3 rings (SSSR count). The van der Waals surface area contributed by atoms with E-state index >= 15 is 0 Å². The van der Waals surface area contributed by atoms with E-state index in [9.17, 15) is 4.79 Å². The third-order valence-electron chi connectivity index (χ3n) is 3.77. The van der Waals surface area contributed by atoms with E-state index < -0.39 is 0 Å². The van der Waals surface area contributed by atoms with Crippen LogP contribution in [0.1, 0.15) is 29.3 Å². The number of benzene rings is 1. The Labute approximate surface area is 123 Å². The third-order valence-corrected chi connectivity index (χ3v) is 3.77. The number of fused-ring (bicyclic) bond motifs is 1. The molecule has 1 unspecified atom stereocenters. The zero-order valence-corrected chi connectivity index (χ0v) is 11.8. The number of aromatic nitrogens is 3. The van der Waals surface area contributed by atoms with Crippen molar-refractivity contribution < 1.29 is 4.79 Å². The Balaban J connectivity index is 1.52. The molecule has 1 aliphatic rings. The summed E-state index contributed by atoms with van der Waals surface area (Å²) in [6, 6.07) is 8.13. The van der Waals surface area contributed by atoms with Gasteiger partial charge in [-0.15, -0.1) is 0 Å². The summed E-state index contributed by atoms with van der Waals surface area (Å²) in [6.45, 7) is 2.19. The smallest absolute Gasteiger partial charge is 0.228 e. The van der Waals surface area contributed by atoms with Crippen LogP contribution in [0.4, 0.5) is 0 Å². The van der Waals surface area contributed by atoms with Crippen LogP contribution in [0, 0.1) is 0 Å². The Kier molecular flexibility index (Phi) is 4.25. The quantitative estimate of drug-likeness (QED) is 0.708. The fraction of sp³-hybridized carbons (Fsp3) is 0.400. The highest BCUT2D eigenvalue weighted by Crippen LogP contribution is 2.23. The Morgan fingerprint density at radius 3 is 3.14 bits per heavy atom. The molecular weight excluding hydrogens is 266 g/mol. The van der Waals surface area contributed by atoms with Crippen LogP contribution >= 0.6 is 0 Å². The predicted molar refractivity (Wildman–Crippen MR) is 78.6 cm³/mol. The van der Waals surface area contributed by atoms with E-state index in [1.165, 1.54) is 11.9 Å². The van der Waals surface area contributed by atoms with E-state index in [4.69, 9.17) is 0 Å². The number of aromatic amines is 1. The van der Waals surface area contributed by atoms with Gasteiger partial charge in [0.05, 0.1) is 5.92 Å². The number of aryl methyl sites for hydroxylation is 1. The first kappa shape index (κ1) is 13.8. The first-order chi connectivity index (χ1) is 10.3. The maximum atomic E-state index is 12.3. The lowest BCUT2D eigenvalue weighted by atomic mass is 9.90. The number of nitrogens with zero attached hydrogens (tertiary/aromatic N) is 2. The number of nitrogens with one attached hydrogen (secondary N) is 3.